The van der Waals surface area contributed by atoms with E-state index in [-0.39, 0.29) is 17.9 Å². The van der Waals surface area contributed by atoms with E-state index < -0.39 is 0 Å². The van der Waals surface area contributed by atoms with E-state index in [0.717, 1.165) is 25.9 Å². The summed E-state index contributed by atoms with van der Waals surface area (Å²) in [5.74, 6) is 1.15. The molecule has 2 N–H and O–H groups in total. The van der Waals surface area contributed by atoms with Gasteiger partial charge in [0.05, 0.1) is 0 Å². The Bertz CT molecular complexity index is 340. The molecule has 0 bridgehead atoms. The summed E-state index contributed by atoms with van der Waals surface area (Å²) in [5, 5.41) is 6.14. The summed E-state index contributed by atoms with van der Waals surface area (Å²) in [7, 11) is 0. The minimum Gasteiger partial charge on any atom is -0.353 e. The quantitative estimate of drug-likeness (QED) is 0.776. The minimum absolute atomic E-state index is 0.0332. The molecule has 19 heavy (non-hydrogen) atoms. The fourth-order valence-electron chi connectivity index (χ4n) is 3.10. The zero-order chi connectivity index (χ0) is 13.8. The van der Waals surface area contributed by atoms with Gasteiger partial charge in [-0.1, -0.05) is 6.92 Å². The van der Waals surface area contributed by atoms with Gasteiger partial charge < -0.3 is 15.5 Å². The van der Waals surface area contributed by atoms with Gasteiger partial charge >= 0.3 is 0 Å². The average Bonchev–Trinajstić information content (AvgIpc) is 2.42. The number of carbonyl (C=O) groups is 2. The van der Waals surface area contributed by atoms with Gasteiger partial charge in [0.1, 0.15) is 6.04 Å². The molecule has 2 unspecified atom stereocenters. The number of piperidine rings is 1. The first kappa shape index (κ1) is 14.3. The van der Waals surface area contributed by atoms with Gasteiger partial charge in [-0.05, 0) is 44.7 Å². The molecule has 5 heteroatoms. The standard InChI is InChI=1S/C14H25N3O2/c1-10(12-3-5-15-6-4-12)9-13(18)17-8-7-16-14(19)11(17)2/h10-12,15H,3-9H2,1-2H3,(H,16,19). The molecule has 2 rings (SSSR count). The fraction of sp³-hybridized carbons (Fsp3) is 0.857. The first-order valence-corrected chi connectivity index (χ1v) is 7.37. The van der Waals surface area contributed by atoms with E-state index >= 15 is 0 Å². The van der Waals surface area contributed by atoms with Crippen LogP contribution in [0.25, 0.3) is 0 Å². The monoisotopic (exact) mass is 267 g/mol. The molecule has 2 aliphatic rings. The van der Waals surface area contributed by atoms with Gasteiger partial charge in [-0.3, -0.25) is 9.59 Å². The smallest absolute Gasteiger partial charge is 0.242 e. The summed E-state index contributed by atoms with van der Waals surface area (Å²) in [6, 6.07) is -0.318. The second-order valence-corrected chi connectivity index (χ2v) is 5.82. The van der Waals surface area contributed by atoms with Crippen LogP contribution in [0.15, 0.2) is 0 Å². The van der Waals surface area contributed by atoms with E-state index in [1.54, 1.807) is 4.90 Å². The Morgan fingerprint density at radius 2 is 2.05 bits per heavy atom. The van der Waals surface area contributed by atoms with Gasteiger partial charge in [-0.2, -0.15) is 0 Å². The third-order valence-electron chi connectivity index (χ3n) is 4.50. The molecule has 108 valence electrons. The SMILES string of the molecule is CC(CC(=O)N1CCNC(=O)C1C)C1CCNCC1. The summed E-state index contributed by atoms with van der Waals surface area (Å²) in [6.07, 6.45) is 2.89. The zero-order valence-corrected chi connectivity index (χ0v) is 11.9. The van der Waals surface area contributed by atoms with E-state index in [2.05, 4.69) is 17.6 Å². The maximum absolute atomic E-state index is 12.3. The molecule has 2 fully saturated rings. The van der Waals surface area contributed by atoms with Crippen molar-refractivity contribution in [2.75, 3.05) is 26.2 Å². The van der Waals surface area contributed by atoms with Crippen LogP contribution in [0, 0.1) is 11.8 Å². The molecule has 0 aliphatic carbocycles. The largest absolute Gasteiger partial charge is 0.353 e. The number of hydrogen-bond donors (Lipinski definition) is 2. The van der Waals surface area contributed by atoms with Crippen LogP contribution in [0.3, 0.4) is 0 Å². The second kappa shape index (κ2) is 6.37. The Balaban J connectivity index is 1.87. The molecule has 0 aromatic carbocycles. The predicted octanol–water partition coefficient (Wildman–Crippen LogP) is 0.359. The molecule has 2 saturated heterocycles. The summed E-state index contributed by atoms with van der Waals surface area (Å²) < 4.78 is 0. The van der Waals surface area contributed by atoms with Gasteiger partial charge in [-0.25, -0.2) is 0 Å². The summed E-state index contributed by atoms with van der Waals surface area (Å²) in [6.45, 7) is 7.32. The van der Waals surface area contributed by atoms with Crippen LogP contribution in [0.4, 0.5) is 0 Å². The number of nitrogens with one attached hydrogen (secondary N) is 2. The summed E-state index contributed by atoms with van der Waals surface area (Å²) in [5.41, 5.74) is 0. The zero-order valence-electron chi connectivity index (χ0n) is 11.9. The average molecular weight is 267 g/mol. The van der Waals surface area contributed by atoms with Crippen molar-refractivity contribution in [2.24, 2.45) is 11.8 Å². The Labute approximate surface area is 115 Å². The summed E-state index contributed by atoms with van der Waals surface area (Å²) >= 11 is 0. The number of carbonyl (C=O) groups excluding carboxylic acids is 2. The number of hydrogen-bond acceptors (Lipinski definition) is 3. The first-order chi connectivity index (χ1) is 9.09. The van der Waals surface area contributed by atoms with Crippen LogP contribution in [0.5, 0.6) is 0 Å². The number of piperazine rings is 1. The Hall–Kier alpha value is -1.10. The van der Waals surface area contributed by atoms with Gasteiger partial charge in [0.25, 0.3) is 0 Å². The van der Waals surface area contributed by atoms with Crippen LogP contribution in [0.1, 0.15) is 33.1 Å². The lowest BCUT2D eigenvalue weighted by atomic mass is 9.84. The van der Waals surface area contributed by atoms with E-state index in [1.165, 1.54) is 0 Å². The van der Waals surface area contributed by atoms with Crippen LogP contribution in [0.2, 0.25) is 0 Å². The second-order valence-electron chi connectivity index (χ2n) is 5.82. The molecule has 2 amide bonds. The highest BCUT2D eigenvalue weighted by molar-refractivity contribution is 5.88. The fourth-order valence-corrected chi connectivity index (χ4v) is 3.10. The highest BCUT2D eigenvalue weighted by Crippen LogP contribution is 2.25. The molecule has 0 spiro atoms. The van der Waals surface area contributed by atoms with Gasteiger partial charge in [-0.15, -0.1) is 0 Å². The van der Waals surface area contributed by atoms with Crippen LogP contribution < -0.4 is 10.6 Å². The molecule has 2 heterocycles. The Morgan fingerprint density at radius 1 is 1.37 bits per heavy atom. The maximum atomic E-state index is 12.3. The van der Waals surface area contributed by atoms with Crippen LogP contribution in [-0.2, 0) is 9.59 Å². The normalized spacial score (nSPS) is 26.9. The van der Waals surface area contributed by atoms with Crippen molar-refractivity contribution < 1.29 is 9.59 Å². The van der Waals surface area contributed by atoms with Crippen molar-refractivity contribution in [2.45, 2.75) is 39.2 Å². The third-order valence-corrected chi connectivity index (χ3v) is 4.50. The van der Waals surface area contributed by atoms with Gasteiger partial charge in [0.2, 0.25) is 11.8 Å². The van der Waals surface area contributed by atoms with E-state index in [0.29, 0.717) is 31.3 Å². The number of nitrogens with zero attached hydrogens (tertiary/aromatic N) is 1. The van der Waals surface area contributed by atoms with Crippen LogP contribution in [-0.4, -0.2) is 48.9 Å². The maximum Gasteiger partial charge on any atom is 0.242 e. The molecule has 5 nitrogen and oxygen atoms in total. The van der Waals surface area contributed by atoms with E-state index in [4.69, 9.17) is 0 Å². The first-order valence-electron chi connectivity index (χ1n) is 7.37. The molecule has 0 aromatic rings. The lowest BCUT2D eigenvalue weighted by molar-refractivity contribution is -0.143. The van der Waals surface area contributed by atoms with E-state index in [1.807, 2.05) is 6.92 Å². The molecule has 2 aliphatic heterocycles. The van der Waals surface area contributed by atoms with Crippen molar-refractivity contribution in [1.29, 1.82) is 0 Å². The van der Waals surface area contributed by atoms with Gasteiger partial charge in [0.15, 0.2) is 0 Å². The highest BCUT2D eigenvalue weighted by atomic mass is 16.2. The molecule has 0 aromatic heterocycles. The van der Waals surface area contributed by atoms with Crippen molar-refractivity contribution in [3.63, 3.8) is 0 Å². The van der Waals surface area contributed by atoms with Crippen molar-refractivity contribution >= 4 is 11.8 Å². The van der Waals surface area contributed by atoms with Crippen molar-refractivity contribution in [3.8, 4) is 0 Å². The van der Waals surface area contributed by atoms with Gasteiger partial charge in [0, 0.05) is 19.5 Å². The Kier molecular flexibility index (Phi) is 4.80. The molecule has 0 saturated carbocycles. The molecule has 2 atom stereocenters. The lowest BCUT2D eigenvalue weighted by Crippen LogP contribution is -2.56. The lowest BCUT2D eigenvalue weighted by Gasteiger charge is -2.35. The highest BCUT2D eigenvalue weighted by Gasteiger charge is 2.31. The number of amides is 2. The summed E-state index contributed by atoms with van der Waals surface area (Å²) in [4.78, 5) is 25.7. The molecular weight excluding hydrogens is 242 g/mol. The molecule has 0 radical (unpaired) electrons. The predicted molar refractivity (Wildman–Crippen MR) is 73.6 cm³/mol. The topological polar surface area (TPSA) is 61.4 Å². The van der Waals surface area contributed by atoms with Crippen molar-refractivity contribution in [3.05, 3.63) is 0 Å². The van der Waals surface area contributed by atoms with E-state index in [9.17, 15) is 9.59 Å². The Morgan fingerprint density at radius 3 is 2.74 bits per heavy atom. The van der Waals surface area contributed by atoms with Crippen molar-refractivity contribution in [1.82, 2.24) is 15.5 Å². The van der Waals surface area contributed by atoms with Crippen LogP contribution >= 0.6 is 0 Å². The number of rotatable bonds is 3. The minimum atomic E-state index is -0.318. The third kappa shape index (κ3) is 3.47. The molecular formula is C14H25N3O2.